The topological polar surface area (TPSA) is 52.6 Å². The Balaban J connectivity index is 2.24. The zero-order valence-electron chi connectivity index (χ0n) is 15.8. The van der Waals surface area contributed by atoms with Crippen LogP contribution in [0.15, 0.2) is 54.6 Å². The van der Waals surface area contributed by atoms with Crippen LogP contribution in [0.5, 0.6) is 0 Å². The van der Waals surface area contributed by atoms with Crippen molar-refractivity contribution in [3.8, 4) is 11.1 Å². The van der Waals surface area contributed by atoms with E-state index in [9.17, 15) is 9.59 Å². The second kappa shape index (κ2) is 8.65. The van der Waals surface area contributed by atoms with Gasteiger partial charge in [-0.25, -0.2) is 0 Å². The van der Waals surface area contributed by atoms with Gasteiger partial charge in [-0.1, -0.05) is 54.6 Å². The van der Waals surface area contributed by atoms with Crippen LogP contribution in [-0.2, 0) is 25.5 Å². The zero-order chi connectivity index (χ0) is 19.2. The molecule has 138 valence electrons. The number of ether oxygens (including phenoxy) is 2. The highest BCUT2D eigenvalue weighted by molar-refractivity contribution is 5.81. The molecule has 0 N–H and O–H groups in total. The number of hydrogen-bond donors (Lipinski definition) is 0. The lowest BCUT2D eigenvalue weighted by Crippen LogP contribution is -2.28. The minimum Gasteiger partial charge on any atom is -0.469 e. The van der Waals surface area contributed by atoms with Crippen LogP contribution in [0.4, 0.5) is 0 Å². The van der Waals surface area contributed by atoms with Gasteiger partial charge in [0.2, 0.25) is 0 Å². The fourth-order valence-corrected chi connectivity index (χ4v) is 2.85. The monoisotopic (exact) mass is 354 g/mol. The van der Waals surface area contributed by atoms with Crippen molar-refractivity contribution >= 4 is 11.9 Å². The summed E-state index contributed by atoms with van der Waals surface area (Å²) >= 11 is 0. The molecule has 2 rings (SSSR count). The molecule has 4 nitrogen and oxygen atoms in total. The first-order chi connectivity index (χ1) is 12.3. The smallest absolute Gasteiger partial charge is 0.309 e. The van der Waals surface area contributed by atoms with E-state index in [1.54, 1.807) is 0 Å². The van der Waals surface area contributed by atoms with Gasteiger partial charge in [0, 0.05) is 0 Å². The van der Waals surface area contributed by atoms with Gasteiger partial charge in [-0.15, -0.1) is 0 Å². The molecule has 0 saturated heterocycles. The van der Waals surface area contributed by atoms with Gasteiger partial charge in [0.05, 0.1) is 19.4 Å². The number of hydrogen-bond acceptors (Lipinski definition) is 4. The van der Waals surface area contributed by atoms with Gasteiger partial charge in [0.1, 0.15) is 5.60 Å². The molecule has 0 heterocycles. The Morgan fingerprint density at radius 2 is 1.58 bits per heavy atom. The molecule has 4 heteroatoms. The van der Waals surface area contributed by atoms with E-state index in [4.69, 9.17) is 9.47 Å². The van der Waals surface area contributed by atoms with Crippen molar-refractivity contribution in [2.24, 2.45) is 5.92 Å². The fourth-order valence-electron chi connectivity index (χ4n) is 2.85. The first kappa shape index (κ1) is 19.7. The van der Waals surface area contributed by atoms with E-state index in [1.165, 1.54) is 7.11 Å². The zero-order valence-corrected chi connectivity index (χ0v) is 15.8. The average molecular weight is 354 g/mol. The van der Waals surface area contributed by atoms with Gasteiger partial charge in [-0.3, -0.25) is 9.59 Å². The summed E-state index contributed by atoms with van der Waals surface area (Å²) in [6, 6.07) is 17.9. The van der Waals surface area contributed by atoms with Crippen molar-refractivity contribution in [2.75, 3.05) is 7.11 Å². The highest BCUT2D eigenvalue weighted by Crippen LogP contribution is 2.27. The van der Waals surface area contributed by atoms with Gasteiger partial charge in [-0.2, -0.15) is 0 Å². The van der Waals surface area contributed by atoms with E-state index in [0.717, 1.165) is 16.7 Å². The molecule has 0 aliphatic rings. The number of carbonyl (C=O) groups is 2. The maximum absolute atomic E-state index is 12.2. The summed E-state index contributed by atoms with van der Waals surface area (Å²) in [7, 11) is 1.34. The van der Waals surface area contributed by atoms with E-state index in [2.05, 4.69) is 0 Å². The van der Waals surface area contributed by atoms with Gasteiger partial charge >= 0.3 is 11.9 Å². The minimum absolute atomic E-state index is 0.00688. The van der Waals surface area contributed by atoms with Gasteiger partial charge in [0.15, 0.2) is 0 Å². The fraction of sp³-hybridized carbons (Fsp3) is 0.364. The first-order valence-electron chi connectivity index (χ1n) is 8.73. The molecule has 0 aromatic heterocycles. The third-order valence-corrected chi connectivity index (χ3v) is 3.94. The molecular weight excluding hydrogens is 328 g/mol. The number of benzene rings is 2. The molecule has 26 heavy (non-hydrogen) atoms. The van der Waals surface area contributed by atoms with E-state index in [1.807, 2.05) is 75.4 Å². The second-order valence-electron chi connectivity index (χ2n) is 7.24. The normalized spacial score (nSPS) is 12.3. The Morgan fingerprint density at radius 3 is 2.19 bits per heavy atom. The van der Waals surface area contributed by atoms with Crippen molar-refractivity contribution < 1.29 is 19.1 Å². The summed E-state index contributed by atoms with van der Waals surface area (Å²) in [5.74, 6) is -1.39. The van der Waals surface area contributed by atoms with Crippen LogP contribution in [0.1, 0.15) is 32.8 Å². The summed E-state index contributed by atoms with van der Waals surface area (Å²) < 4.78 is 10.3. The number of methoxy groups -OCH3 is 1. The Kier molecular flexibility index (Phi) is 6.56. The quantitative estimate of drug-likeness (QED) is 0.721. The highest BCUT2D eigenvalue weighted by atomic mass is 16.6. The summed E-state index contributed by atoms with van der Waals surface area (Å²) in [6.45, 7) is 5.42. The molecule has 0 fully saturated rings. The third-order valence-electron chi connectivity index (χ3n) is 3.94. The SMILES string of the molecule is COC(=O)C(CC(=O)OC(C)(C)C)Cc1ccccc1-c1ccccc1. The maximum Gasteiger partial charge on any atom is 0.309 e. The standard InChI is InChI=1S/C22H26O4/c1-22(2,3)26-20(23)15-18(21(24)25-4)14-17-12-8-9-13-19(17)16-10-6-5-7-11-16/h5-13,18H,14-15H2,1-4H3. The van der Waals surface area contributed by atoms with Crippen molar-refractivity contribution in [2.45, 2.75) is 39.2 Å². The van der Waals surface area contributed by atoms with Gasteiger partial charge in [-0.05, 0) is 43.9 Å². The molecule has 0 spiro atoms. The summed E-state index contributed by atoms with van der Waals surface area (Å²) in [5, 5.41) is 0. The Bertz CT molecular complexity index is 744. The van der Waals surface area contributed by atoms with Crippen LogP contribution >= 0.6 is 0 Å². The van der Waals surface area contributed by atoms with Crippen LogP contribution in [0.2, 0.25) is 0 Å². The van der Waals surface area contributed by atoms with Crippen LogP contribution in [0.3, 0.4) is 0 Å². The molecule has 1 unspecified atom stereocenters. The van der Waals surface area contributed by atoms with Crippen molar-refractivity contribution in [3.63, 3.8) is 0 Å². The Morgan fingerprint density at radius 1 is 0.962 bits per heavy atom. The van der Waals surface area contributed by atoms with E-state index >= 15 is 0 Å². The van der Waals surface area contributed by atoms with Crippen LogP contribution in [0, 0.1) is 5.92 Å². The molecule has 0 bridgehead atoms. The molecule has 0 aliphatic carbocycles. The molecule has 2 aromatic rings. The van der Waals surface area contributed by atoms with Crippen LogP contribution in [-0.4, -0.2) is 24.6 Å². The van der Waals surface area contributed by atoms with Gasteiger partial charge in [0.25, 0.3) is 0 Å². The summed E-state index contributed by atoms with van der Waals surface area (Å²) in [6.07, 6.45) is 0.407. The summed E-state index contributed by atoms with van der Waals surface area (Å²) in [4.78, 5) is 24.4. The molecule has 0 amide bonds. The van der Waals surface area contributed by atoms with E-state index in [0.29, 0.717) is 6.42 Å². The lowest BCUT2D eigenvalue weighted by atomic mass is 9.90. The summed E-state index contributed by atoms with van der Waals surface area (Å²) in [5.41, 5.74) is 2.53. The van der Waals surface area contributed by atoms with Gasteiger partial charge < -0.3 is 9.47 Å². The second-order valence-corrected chi connectivity index (χ2v) is 7.24. The predicted molar refractivity (Wildman–Crippen MR) is 102 cm³/mol. The van der Waals surface area contributed by atoms with E-state index < -0.39 is 23.5 Å². The van der Waals surface area contributed by atoms with Crippen LogP contribution in [0.25, 0.3) is 11.1 Å². The minimum atomic E-state index is -0.584. The molecule has 2 aromatic carbocycles. The first-order valence-corrected chi connectivity index (χ1v) is 8.73. The van der Waals surface area contributed by atoms with Crippen molar-refractivity contribution in [1.29, 1.82) is 0 Å². The number of esters is 2. The number of rotatable bonds is 6. The Labute approximate surface area is 155 Å². The average Bonchev–Trinajstić information content (AvgIpc) is 2.60. The van der Waals surface area contributed by atoms with Crippen molar-refractivity contribution in [3.05, 3.63) is 60.2 Å². The lowest BCUT2D eigenvalue weighted by Gasteiger charge is -2.22. The molecule has 0 aliphatic heterocycles. The molecule has 0 radical (unpaired) electrons. The lowest BCUT2D eigenvalue weighted by molar-refractivity contribution is -0.160. The predicted octanol–water partition coefficient (Wildman–Crippen LogP) is 4.42. The molecule has 1 atom stereocenters. The molecular formula is C22H26O4. The highest BCUT2D eigenvalue weighted by Gasteiger charge is 2.27. The third kappa shape index (κ3) is 5.73. The number of carbonyl (C=O) groups excluding carboxylic acids is 2. The largest absolute Gasteiger partial charge is 0.469 e. The molecule has 0 saturated carbocycles. The Hall–Kier alpha value is -2.62. The van der Waals surface area contributed by atoms with Crippen LogP contribution < -0.4 is 0 Å². The van der Waals surface area contributed by atoms with Crippen molar-refractivity contribution in [1.82, 2.24) is 0 Å². The van der Waals surface area contributed by atoms with E-state index in [-0.39, 0.29) is 6.42 Å². The maximum atomic E-state index is 12.2.